The van der Waals surface area contributed by atoms with Crippen molar-refractivity contribution in [3.63, 3.8) is 0 Å². The first-order valence-corrected chi connectivity index (χ1v) is 8.30. The average molecular weight is 325 g/mol. The predicted octanol–water partition coefficient (Wildman–Crippen LogP) is 2.63. The van der Waals surface area contributed by atoms with E-state index in [4.69, 9.17) is 0 Å². The van der Waals surface area contributed by atoms with Crippen molar-refractivity contribution in [2.75, 3.05) is 11.5 Å². The number of nitrogens with one attached hydrogen (secondary N) is 1. The molecule has 0 aromatic heterocycles. The molecule has 1 saturated heterocycles. The van der Waals surface area contributed by atoms with Crippen LogP contribution in [0.4, 0.5) is 5.69 Å². The van der Waals surface area contributed by atoms with Crippen molar-refractivity contribution in [1.29, 1.82) is 0 Å². The molecule has 1 N–H and O–H groups in total. The van der Waals surface area contributed by atoms with E-state index in [-0.39, 0.29) is 15.7 Å². The number of nitrogens with zero attached hydrogens (tertiary/aromatic N) is 2. The third-order valence-electron chi connectivity index (χ3n) is 2.86. The Hall–Kier alpha value is -1.54. The van der Waals surface area contributed by atoms with Crippen LogP contribution in [0, 0.1) is 10.1 Å². The van der Waals surface area contributed by atoms with Crippen molar-refractivity contribution in [2.45, 2.75) is 17.4 Å². The van der Waals surface area contributed by atoms with Crippen molar-refractivity contribution in [2.24, 2.45) is 5.10 Å². The van der Waals surface area contributed by atoms with Crippen molar-refractivity contribution < 1.29 is 9.72 Å². The number of carbonyl (C=O) groups excluding carboxylic acids is 1. The zero-order valence-corrected chi connectivity index (χ0v) is 13.1. The van der Waals surface area contributed by atoms with E-state index in [0.717, 1.165) is 11.5 Å². The lowest BCUT2D eigenvalue weighted by atomic mass is 10.2. The number of rotatable bonds is 5. The van der Waals surface area contributed by atoms with Crippen molar-refractivity contribution in [3.8, 4) is 0 Å². The quantitative estimate of drug-likeness (QED) is 0.511. The summed E-state index contributed by atoms with van der Waals surface area (Å²) in [5, 5.41) is 14.5. The van der Waals surface area contributed by atoms with Crippen LogP contribution in [0.1, 0.15) is 18.9 Å². The van der Waals surface area contributed by atoms with Gasteiger partial charge in [-0.05, 0) is 6.92 Å². The molecule has 1 aliphatic heterocycles. The molecule has 1 aromatic rings. The third kappa shape index (κ3) is 4.75. The number of non-ortho nitro benzene ring substituents is 1. The summed E-state index contributed by atoms with van der Waals surface area (Å²) in [5.74, 6) is 1.97. The maximum absolute atomic E-state index is 11.8. The summed E-state index contributed by atoms with van der Waals surface area (Å²) in [6, 6.07) is 6.08. The first kappa shape index (κ1) is 15.8. The summed E-state index contributed by atoms with van der Waals surface area (Å²) < 4.78 is -0.0782. The second-order valence-corrected chi connectivity index (χ2v) is 8.11. The van der Waals surface area contributed by atoms with Crippen LogP contribution in [0.3, 0.4) is 0 Å². The van der Waals surface area contributed by atoms with Crippen LogP contribution in [0.25, 0.3) is 0 Å². The fourth-order valence-electron chi connectivity index (χ4n) is 1.89. The number of hydrazone groups is 1. The first-order valence-electron chi connectivity index (χ1n) is 6.33. The van der Waals surface area contributed by atoms with E-state index < -0.39 is 4.92 Å². The number of nitro benzene ring substituents is 1. The second kappa shape index (κ2) is 6.95. The number of hydrogen-bond donors (Lipinski definition) is 1. The lowest BCUT2D eigenvalue weighted by Crippen LogP contribution is -2.26. The van der Waals surface area contributed by atoms with Crippen LogP contribution < -0.4 is 5.43 Å². The zero-order chi connectivity index (χ0) is 15.3. The maximum atomic E-state index is 11.8. The van der Waals surface area contributed by atoms with Gasteiger partial charge in [0.1, 0.15) is 0 Å². The van der Waals surface area contributed by atoms with E-state index in [9.17, 15) is 14.9 Å². The summed E-state index contributed by atoms with van der Waals surface area (Å²) >= 11 is 3.57. The van der Waals surface area contributed by atoms with E-state index in [2.05, 4.69) is 17.5 Å². The molecular weight excluding hydrogens is 310 g/mol. The Labute approximate surface area is 130 Å². The molecule has 0 saturated carbocycles. The summed E-state index contributed by atoms with van der Waals surface area (Å²) in [5.41, 5.74) is 3.03. The molecule has 1 heterocycles. The van der Waals surface area contributed by atoms with E-state index in [1.165, 1.54) is 18.3 Å². The standard InChI is InChI=1S/C13H15N3O3S2/c1-13(20-5-6-21-13)8-12(17)15-14-9-10-3-2-4-11(7-10)16(18)19/h2-4,7,9H,5-6,8H2,1H3,(H,15,17)/b14-9+. The molecule has 21 heavy (non-hydrogen) atoms. The van der Waals surface area contributed by atoms with Crippen LogP contribution in [-0.4, -0.2) is 32.6 Å². The van der Waals surface area contributed by atoms with Crippen LogP contribution >= 0.6 is 23.5 Å². The van der Waals surface area contributed by atoms with Crippen molar-refractivity contribution in [1.82, 2.24) is 5.43 Å². The lowest BCUT2D eigenvalue weighted by Gasteiger charge is -2.19. The smallest absolute Gasteiger partial charge is 0.270 e. The fourth-order valence-corrected chi connectivity index (χ4v) is 4.72. The third-order valence-corrected chi connectivity index (χ3v) is 6.16. The Bertz CT molecular complexity index is 572. The molecule has 6 nitrogen and oxygen atoms in total. The Morgan fingerprint density at radius 2 is 2.24 bits per heavy atom. The Kier molecular flexibility index (Phi) is 5.24. The fraction of sp³-hybridized carbons (Fsp3) is 0.385. The minimum atomic E-state index is -0.467. The van der Waals surface area contributed by atoms with Crippen LogP contribution in [0.15, 0.2) is 29.4 Å². The summed E-state index contributed by atoms with van der Waals surface area (Å²) in [6.07, 6.45) is 1.80. The summed E-state index contributed by atoms with van der Waals surface area (Å²) in [7, 11) is 0. The molecule has 0 spiro atoms. The molecule has 1 amide bonds. The highest BCUT2D eigenvalue weighted by molar-refractivity contribution is 8.21. The number of amides is 1. The highest BCUT2D eigenvalue weighted by Gasteiger charge is 2.32. The summed E-state index contributed by atoms with van der Waals surface area (Å²) in [4.78, 5) is 22.0. The van der Waals surface area contributed by atoms with Gasteiger partial charge < -0.3 is 0 Å². The van der Waals surface area contributed by atoms with Gasteiger partial charge in [0.05, 0.1) is 21.6 Å². The number of hydrogen-bond acceptors (Lipinski definition) is 6. The highest BCUT2D eigenvalue weighted by atomic mass is 32.2. The number of nitro groups is 1. The SMILES string of the molecule is CC1(CC(=O)N/N=C/c2cccc([N+](=O)[O-])c2)SCCS1. The number of thioether (sulfide) groups is 2. The molecule has 1 aromatic carbocycles. The van der Waals surface area contributed by atoms with Gasteiger partial charge in [-0.2, -0.15) is 5.10 Å². The monoisotopic (exact) mass is 325 g/mol. The Balaban J connectivity index is 1.88. The van der Waals surface area contributed by atoms with E-state index in [0.29, 0.717) is 12.0 Å². The molecule has 0 radical (unpaired) electrons. The first-order chi connectivity index (χ1) is 9.98. The van der Waals surface area contributed by atoms with Gasteiger partial charge in [-0.15, -0.1) is 23.5 Å². The zero-order valence-electron chi connectivity index (χ0n) is 11.4. The minimum absolute atomic E-state index is 0.00320. The number of benzene rings is 1. The molecule has 8 heteroatoms. The van der Waals surface area contributed by atoms with Gasteiger partial charge in [-0.25, -0.2) is 5.43 Å². The van der Waals surface area contributed by atoms with Gasteiger partial charge in [0.2, 0.25) is 5.91 Å². The maximum Gasteiger partial charge on any atom is 0.270 e. The van der Waals surface area contributed by atoms with Gasteiger partial charge in [-0.1, -0.05) is 12.1 Å². The van der Waals surface area contributed by atoms with Gasteiger partial charge in [0.15, 0.2) is 0 Å². The highest BCUT2D eigenvalue weighted by Crippen LogP contribution is 2.45. The topological polar surface area (TPSA) is 84.6 Å². The average Bonchev–Trinajstić information content (AvgIpc) is 2.85. The molecule has 2 rings (SSSR count). The summed E-state index contributed by atoms with van der Waals surface area (Å²) in [6.45, 7) is 2.05. The van der Waals surface area contributed by atoms with E-state index in [1.54, 1.807) is 35.7 Å². The van der Waals surface area contributed by atoms with Crippen LogP contribution in [0.5, 0.6) is 0 Å². The van der Waals surface area contributed by atoms with Crippen LogP contribution in [0.2, 0.25) is 0 Å². The predicted molar refractivity (Wildman–Crippen MR) is 86.8 cm³/mol. The lowest BCUT2D eigenvalue weighted by molar-refractivity contribution is -0.384. The normalized spacial score (nSPS) is 17.0. The number of carbonyl (C=O) groups is 1. The molecular formula is C13H15N3O3S2. The Morgan fingerprint density at radius 1 is 1.52 bits per heavy atom. The minimum Gasteiger partial charge on any atom is -0.273 e. The van der Waals surface area contributed by atoms with E-state index in [1.807, 2.05) is 0 Å². The second-order valence-electron chi connectivity index (χ2n) is 4.65. The largest absolute Gasteiger partial charge is 0.273 e. The molecule has 1 fully saturated rings. The van der Waals surface area contributed by atoms with Gasteiger partial charge in [0, 0.05) is 29.2 Å². The Morgan fingerprint density at radius 3 is 2.90 bits per heavy atom. The van der Waals surface area contributed by atoms with Crippen molar-refractivity contribution in [3.05, 3.63) is 39.9 Å². The van der Waals surface area contributed by atoms with Gasteiger partial charge >= 0.3 is 0 Å². The van der Waals surface area contributed by atoms with Gasteiger partial charge in [0.25, 0.3) is 5.69 Å². The van der Waals surface area contributed by atoms with Crippen molar-refractivity contribution >= 4 is 41.3 Å². The molecule has 1 aliphatic rings. The molecule has 0 aliphatic carbocycles. The van der Waals surface area contributed by atoms with Crippen LogP contribution in [-0.2, 0) is 4.79 Å². The molecule has 112 valence electrons. The molecule has 0 atom stereocenters. The molecule has 0 unspecified atom stereocenters. The van der Waals surface area contributed by atoms with E-state index >= 15 is 0 Å². The molecule has 0 bridgehead atoms. The van der Waals surface area contributed by atoms with Gasteiger partial charge in [-0.3, -0.25) is 14.9 Å².